The van der Waals surface area contributed by atoms with Crippen molar-refractivity contribution in [3.63, 3.8) is 0 Å². The van der Waals surface area contributed by atoms with Crippen molar-refractivity contribution in [1.82, 2.24) is 4.90 Å². The molecule has 1 fully saturated rings. The monoisotopic (exact) mass is 291 g/mol. The second kappa shape index (κ2) is 5.66. The molecule has 0 spiro atoms. The van der Waals surface area contributed by atoms with E-state index in [0.717, 1.165) is 36.3 Å². The van der Waals surface area contributed by atoms with E-state index < -0.39 is 0 Å². The normalized spacial score (nSPS) is 18.9. The number of likely N-dealkylation sites (tertiary alicyclic amines) is 1. The van der Waals surface area contributed by atoms with Crippen molar-refractivity contribution in [2.75, 3.05) is 40.6 Å². The topological polar surface area (TPSA) is 48.0 Å². The number of amides is 1. The summed E-state index contributed by atoms with van der Waals surface area (Å²) in [5.41, 5.74) is 1.51. The Morgan fingerprint density at radius 1 is 1.33 bits per heavy atom. The lowest BCUT2D eigenvalue weighted by Gasteiger charge is -2.52. The Labute approximate surface area is 124 Å². The van der Waals surface area contributed by atoms with Crippen molar-refractivity contribution in [1.29, 1.82) is 0 Å². The van der Waals surface area contributed by atoms with Crippen LogP contribution in [0.4, 0.5) is 0 Å². The van der Waals surface area contributed by atoms with Crippen LogP contribution in [0.5, 0.6) is 5.75 Å². The van der Waals surface area contributed by atoms with Gasteiger partial charge in [0, 0.05) is 32.7 Å². The highest BCUT2D eigenvalue weighted by Crippen LogP contribution is 2.34. The van der Waals surface area contributed by atoms with Gasteiger partial charge in [0.15, 0.2) is 0 Å². The third-order valence-corrected chi connectivity index (χ3v) is 4.38. The molecule has 21 heavy (non-hydrogen) atoms. The van der Waals surface area contributed by atoms with Gasteiger partial charge >= 0.3 is 0 Å². The molecule has 0 aromatic heterocycles. The number of nitrogens with zero attached hydrogens (tertiary/aromatic N) is 1. The standard InChI is InChI=1S/C16H21NO4/c1-19-10-16(11-20-2)6-7-17(16)15(18)13-3-4-14-12(9-13)5-8-21-14/h3-4,9H,5-8,10-11H2,1-2H3. The van der Waals surface area contributed by atoms with E-state index in [-0.39, 0.29) is 11.4 Å². The number of carbonyl (C=O) groups excluding carboxylic acids is 1. The Bertz CT molecular complexity index is 537. The van der Waals surface area contributed by atoms with Gasteiger partial charge in [0.2, 0.25) is 0 Å². The molecular formula is C16H21NO4. The maximum absolute atomic E-state index is 12.8. The maximum Gasteiger partial charge on any atom is 0.254 e. The first-order valence-corrected chi connectivity index (χ1v) is 7.26. The van der Waals surface area contributed by atoms with E-state index in [2.05, 4.69) is 0 Å². The van der Waals surface area contributed by atoms with E-state index in [4.69, 9.17) is 14.2 Å². The number of rotatable bonds is 5. The van der Waals surface area contributed by atoms with Crippen LogP contribution in [0, 0.1) is 0 Å². The van der Waals surface area contributed by atoms with E-state index in [0.29, 0.717) is 19.8 Å². The number of ether oxygens (including phenoxy) is 3. The molecule has 2 aliphatic rings. The summed E-state index contributed by atoms with van der Waals surface area (Å²) < 4.78 is 16.1. The molecule has 114 valence electrons. The molecule has 0 N–H and O–H groups in total. The third-order valence-electron chi connectivity index (χ3n) is 4.38. The number of hydrogen-bond donors (Lipinski definition) is 0. The first-order chi connectivity index (χ1) is 10.2. The predicted octanol–water partition coefficient (Wildman–Crippen LogP) is 1.50. The molecule has 2 heterocycles. The Hall–Kier alpha value is -1.59. The lowest BCUT2D eigenvalue weighted by molar-refractivity contribution is -0.0815. The van der Waals surface area contributed by atoms with Gasteiger partial charge < -0.3 is 19.1 Å². The fourth-order valence-corrected chi connectivity index (χ4v) is 3.21. The number of benzene rings is 1. The zero-order chi connectivity index (χ0) is 14.9. The van der Waals surface area contributed by atoms with Crippen molar-refractivity contribution in [3.05, 3.63) is 29.3 Å². The second-order valence-corrected chi connectivity index (χ2v) is 5.72. The largest absolute Gasteiger partial charge is 0.493 e. The summed E-state index contributed by atoms with van der Waals surface area (Å²) in [6, 6.07) is 5.69. The molecule has 0 atom stereocenters. The van der Waals surface area contributed by atoms with Gasteiger partial charge in [0.05, 0.1) is 25.4 Å². The van der Waals surface area contributed by atoms with Crippen molar-refractivity contribution in [3.8, 4) is 5.75 Å². The molecule has 1 aromatic rings. The highest BCUT2D eigenvalue weighted by Gasteiger charge is 2.47. The minimum absolute atomic E-state index is 0.0463. The van der Waals surface area contributed by atoms with Gasteiger partial charge in [-0.1, -0.05) is 0 Å². The molecule has 5 heteroatoms. The fraction of sp³-hybridized carbons (Fsp3) is 0.562. The average molecular weight is 291 g/mol. The zero-order valence-electron chi connectivity index (χ0n) is 12.6. The summed E-state index contributed by atoms with van der Waals surface area (Å²) in [6.45, 7) is 2.45. The summed E-state index contributed by atoms with van der Waals surface area (Å²) in [6.07, 6.45) is 1.78. The minimum atomic E-state index is -0.323. The molecule has 1 saturated heterocycles. The van der Waals surface area contributed by atoms with Gasteiger partial charge in [-0.2, -0.15) is 0 Å². The first kappa shape index (κ1) is 14.4. The van der Waals surface area contributed by atoms with Crippen molar-refractivity contribution < 1.29 is 19.0 Å². The molecule has 0 aliphatic carbocycles. The number of fused-ring (bicyclic) bond motifs is 1. The molecule has 2 aliphatic heterocycles. The average Bonchev–Trinajstić information content (AvgIpc) is 2.93. The van der Waals surface area contributed by atoms with Crippen LogP contribution < -0.4 is 4.74 Å². The van der Waals surface area contributed by atoms with Crippen molar-refractivity contribution in [2.45, 2.75) is 18.4 Å². The predicted molar refractivity (Wildman–Crippen MR) is 77.8 cm³/mol. The van der Waals surface area contributed by atoms with Crippen LogP contribution in [-0.4, -0.2) is 56.9 Å². The summed E-state index contributed by atoms with van der Waals surface area (Å²) >= 11 is 0. The molecule has 0 unspecified atom stereocenters. The number of carbonyl (C=O) groups is 1. The molecule has 1 aromatic carbocycles. The van der Waals surface area contributed by atoms with Crippen molar-refractivity contribution >= 4 is 5.91 Å². The second-order valence-electron chi connectivity index (χ2n) is 5.72. The van der Waals surface area contributed by atoms with Gasteiger partial charge in [-0.05, 0) is 30.2 Å². The van der Waals surface area contributed by atoms with Crippen LogP contribution in [0.3, 0.4) is 0 Å². The maximum atomic E-state index is 12.8. The smallest absolute Gasteiger partial charge is 0.254 e. The van der Waals surface area contributed by atoms with E-state index >= 15 is 0 Å². The van der Waals surface area contributed by atoms with Gasteiger partial charge in [-0.25, -0.2) is 0 Å². The van der Waals surface area contributed by atoms with Gasteiger partial charge in [0.25, 0.3) is 5.91 Å². The summed E-state index contributed by atoms with van der Waals surface area (Å²) in [4.78, 5) is 14.6. The van der Waals surface area contributed by atoms with E-state index in [1.54, 1.807) is 14.2 Å². The zero-order valence-corrected chi connectivity index (χ0v) is 12.6. The van der Waals surface area contributed by atoms with Crippen molar-refractivity contribution in [2.24, 2.45) is 0 Å². The Morgan fingerprint density at radius 2 is 2.10 bits per heavy atom. The number of hydrogen-bond acceptors (Lipinski definition) is 4. The van der Waals surface area contributed by atoms with E-state index in [1.807, 2.05) is 23.1 Å². The van der Waals surface area contributed by atoms with Crippen LogP contribution in [0.2, 0.25) is 0 Å². The lowest BCUT2D eigenvalue weighted by Crippen LogP contribution is -2.66. The molecule has 0 saturated carbocycles. The Kier molecular flexibility index (Phi) is 3.87. The summed E-state index contributed by atoms with van der Waals surface area (Å²) in [7, 11) is 3.32. The van der Waals surface area contributed by atoms with Gasteiger partial charge in [0.1, 0.15) is 5.75 Å². The first-order valence-electron chi connectivity index (χ1n) is 7.26. The van der Waals surface area contributed by atoms with Crippen LogP contribution >= 0.6 is 0 Å². The third kappa shape index (κ3) is 2.40. The Balaban J connectivity index is 1.81. The SMILES string of the molecule is COCC1(COC)CCN1C(=O)c1ccc2c(c1)CCO2. The van der Waals surface area contributed by atoms with Gasteiger partial charge in [-0.15, -0.1) is 0 Å². The van der Waals surface area contributed by atoms with Gasteiger partial charge in [-0.3, -0.25) is 4.79 Å². The molecule has 0 radical (unpaired) electrons. The van der Waals surface area contributed by atoms with E-state index in [9.17, 15) is 4.79 Å². The molecular weight excluding hydrogens is 270 g/mol. The minimum Gasteiger partial charge on any atom is -0.493 e. The highest BCUT2D eigenvalue weighted by molar-refractivity contribution is 5.95. The molecule has 5 nitrogen and oxygen atoms in total. The van der Waals surface area contributed by atoms with Crippen LogP contribution in [0.25, 0.3) is 0 Å². The van der Waals surface area contributed by atoms with Crippen LogP contribution in [0.1, 0.15) is 22.3 Å². The summed E-state index contributed by atoms with van der Waals surface area (Å²) in [5.74, 6) is 0.945. The molecule has 0 bridgehead atoms. The molecule has 3 rings (SSSR count). The summed E-state index contributed by atoms with van der Waals surface area (Å²) in [5, 5.41) is 0. The quantitative estimate of drug-likeness (QED) is 0.825. The van der Waals surface area contributed by atoms with Crippen LogP contribution in [-0.2, 0) is 15.9 Å². The van der Waals surface area contributed by atoms with Crippen LogP contribution in [0.15, 0.2) is 18.2 Å². The highest BCUT2D eigenvalue weighted by atomic mass is 16.5. The number of methoxy groups -OCH3 is 2. The fourth-order valence-electron chi connectivity index (χ4n) is 3.21. The Morgan fingerprint density at radius 3 is 2.71 bits per heavy atom. The van der Waals surface area contributed by atoms with E-state index in [1.165, 1.54) is 0 Å². The lowest BCUT2D eigenvalue weighted by atomic mass is 9.85. The molecule has 1 amide bonds.